The number of likely N-dealkylation sites (tertiary alicyclic amines) is 1. The Morgan fingerprint density at radius 1 is 1.17 bits per heavy atom. The number of hydrogen-bond donors (Lipinski definition) is 2. The van der Waals surface area contributed by atoms with Gasteiger partial charge >= 0.3 is 0 Å². The van der Waals surface area contributed by atoms with Gasteiger partial charge in [0.25, 0.3) is 11.8 Å². The number of aromatic amines is 1. The molecule has 2 N–H and O–H groups in total. The number of thiophene rings is 1. The van der Waals surface area contributed by atoms with Crippen molar-refractivity contribution in [1.82, 2.24) is 24.8 Å². The van der Waals surface area contributed by atoms with Crippen LogP contribution in [0.4, 0.5) is 0 Å². The van der Waals surface area contributed by atoms with Gasteiger partial charge in [0.05, 0.1) is 22.1 Å². The molecule has 1 atom stereocenters. The normalized spacial score (nSPS) is 15.6. The van der Waals surface area contributed by atoms with Crippen molar-refractivity contribution in [3.8, 4) is 23.3 Å². The van der Waals surface area contributed by atoms with Crippen LogP contribution in [0.1, 0.15) is 48.8 Å². The number of piperidine rings is 1. The summed E-state index contributed by atoms with van der Waals surface area (Å²) in [5.41, 5.74) is 3.91. The summed E-state index contributed by atoms with van der Waals surface area (Å²) in [5, 5.41) is 13.6. The molecule has 9 nitrogen and oxygen atoms in total. The molecule has 1 saturated heterocycles. The molecule has 6 rings (SSSR count). The number of aryl methyl sites for hydroxylation is 1. The lowest BCUT2D eigenvalue weighted by Crippen LogP contribution is -2.49. The number of nitrogens with zero attached hydrogens (tertiary/aromatic N) is 4. The van der Waals surface area contributed by atoms with Gasteiger partial charge in [0.2, 0.25) is 0 Å². The van der Waals surface area contributed by atoms with Crippen molar-refractivity contribution in [2.24, 2.45) is 5.41 Å². The van der Waals surface area contributed by atoms with E-state index in [0.717, 1.165) is 51.3 Å². The molecule has 1 aliphatic heterocycles. The van der Waals surface area contributed by atoms with E-state index in [1.165, 1.54) is 11.3 Å². The first-order valence-electron chi connectivity index (χ1n) is 15.3. The molecule has 0 saturated carbocycles. The number of carbonyl (C=O) groups excluding carboxylic acids is 2. The molecule has 10 heteroatoms. The lowest BCUT2D eigenvalue weighted by atomic mass is 9.93. The van der Waals surface area contributed by atoms with Crippen LogP contribution in [0.15, 0.2) is 72.4 Å². The first-order valence-corrected chi connectivity index (χ1v) is 16.1. The molecule has 2 amide bonds. The number of carbonyl (C=O) groups is 2. The monoisotopic (exact) mass is 632 g/mol. The molecule has 3 aromatic heterocycles. The largest absolute Gasteiger partial charge is 0.457 e. The van der Waals surface area contributed by atoms with Gasteiger partial charge in [-0.15, -0.1) is 11.3 Å². The van der Waals surface area contributed by atoms with Crippen molar-refractivity contribution in [3.05, 3.63) is 88.4 Å². The topological polar surface area (TPSA) is 116 Å². The Balaban J connectivity index is 1.28. The molecule has 0 radical (unpaired) electrons. The zero-order chi connectivity index (χ0) is 32.6. The Kier molecular flexibility index (Phi) is 8.28. The smallest absolute Gasteiger partial charge is 0.264 e. The minimum atomic E-state index is -0.301. The Bertz CT molecular complexity index is 2090. The van der Waals surface area contributed by atoms with E-state index in [1.807, 2.05) is 86.9 Å². The Morgan fingerprint density at radius 2 is 1.96 bits per heavy atom. The van der Waals surface area contributed by atoms with Crippen molar-refractivity contribution in [2.45, 2.75) is 46.6 Å². The van der Waals surface area contributed by atoms with Gasteiger partial charge in [-0.25, -0.2) is 4.98 Å². The number of benzene rings is 2. The van der Waals surface area contributed by atoms with Crippen LogP contribution >= 0.6 is 11.3 Å². The number of H-pyrrole nitrogens is 1. The van der Waals surface area contributed by atoms with E-state index in [2.05, 4.69) is 27.9 Å². The van der Waals surface area contributed by atoms with Gasteiger partial charge in [0.15, 0.2) is 0 Å². The second-order valence-corrected chi connectivity index (χ2v) is 13.7. The fraction of sp³-hybridized carbons (Fsp3) is 0.278. The second kappa shape index (κ2) is 12.3. The average molecular weight is 633 g/mol. The Morgan fingerprint density at radius 3 is 2.67 bits per heavy atom. The standard InChI is InChI=1S/C36H36N6O3S/c1-22-18-27(45-26-11-7-6-8-12-26)13-14-28(22)42-23(2)39-31-30-29(42)15-16-38-34(30)46-32(31)33(43)40-25-10-9-17-41(21-25)35(44)24(20-37)19-36(3,4)5/h6-8,11-16,18-19,25,39H,2,9-10,17,21H2,1,3-5H3,(H,40,43)/b24-19+/t25-/m1/s1. The lowest BCUT2D eigenvalue weighted by Gasteiger charge is -2.33. The zero-order valence-corrected chi connectivity index (χ0v) is 27.2. The third kappa shape index (κ3) is 6.19. The van der Waals surface area contributed by atoms with Crippen molar-refractivity contribution in [2.75, 3.05) is 13.1 Å². The summed E-state index contributed by atoms with van der Waals surface area (Å²) >= 11 is 1.32. The highest BCUT2D eigenvalue weighted by atomic mass is 32.1. The molecule has 234 valence electrons. The van der Waals surface area contributed by atoms with E-state index >= 15 is 0 Å². The highest BCUT2D eigenvalue weighted by molar-refractivity contribution is 7.21. The number of pyridine rings is 1. The van der Waals surface area contributed by atoms with E-state index < -0.39 is 0 Å². The SMILES string of the molecule is C=c1[nH]c2c(C(=O)N[C@@H]3CCCN(C(=O)/C(C#N)=C/C(C)(C)C)C3)sc3nccc(c32)n1-c1ccc(Oc2ccccc2)cc1C. The second-order valence-electron chi connectivity index (χ2n) is 12.7. The van der Waals surface area contributed by atoms with Crippen LogP contribution in [-0.4, -0.2) is 50.4 Å². The Labute approximate surface area is 271 Å². The maximum absolute atomic E-state index is 13.8. The molecule has 0 unspecified atom stereocenters. The van der Waals surface area contributed by atoms with Gasteiger partial charge in [-0.2, -0.15) is 5.26 Å². The van der Waals surface area contributed by atoms with E-state index in [-0.39, 0.29) is 28.8 Å². The minimum absolute atomic E-state index is 0.132. The van der Waals surface area contributed by atoms with Gasteiger partial charge in [-0.1, -0.05) is 51.6 Å². The van der Waals surface area contributed by atoms with Gasteiger partial charge in [-0.05, 0) is 67.1 Å². The first kappa shape index (κ1) is 30.9. The molecule has 5 aromatic rings. The van der Waals surface area contributed by atoms with Crippen molar-refractivity contribution < 1.29 is 14.3 Å². The average Bonchev–Trinajstić information content (AvgIpc) is 3.40. The third-order valence-corrected chi connectivity index (χ3v) is 9.01. The molecule has 0 aliphatic carbocycles. The summed E-state index contributed by atoms with van der Waals surface area (Å²) in [4.78, 5) is 37.8. The molecule has 46 heavy (non-hydrogen) atoms. The number of nitriles is 1. The van der Waals surface area contributed by atoms with Crippen LogP contribution in [0.2, 0.25) is 0 Å². The number of nitrogens with one attached hydrogen (secondary N) is 2. The van der Waals surface area contributed by atoms with E-state index in [9.17, 15) is 14.9 Å². The third-order valence-electron chi connectivity index (χ3n) is 7.92. The predicted octanol–water partition coefficient (Wildman–Crippen LogP) is 6.58. The zero-order valence-electron chi connectivity index (χ0n) is 26.4. The van der Waals surface area contributed by atoms with Gasteiger partial charge in [-0.3, -0.25) is 14.2 Å². The van der Waals surface area contributed by atoms with Gasteiger partial charge in [0.1, 0.15) is 38.3 Å². The van der Waals surface area contributed by atoms with Crippen LogP contribution in [0.3, 0.4) is 0 Å². The number of rotatable bonds is 6. The van der Waals surface area contributed by atoms with Gasteiger partial charge in [0, 0.05) is 25.3 Å². The van der Waals surface area contributed by atoms with E-state index in [4.69, 9.17) is 4.74 Å². The number of para-hydroxylation sites is 1. The number of hydrogen-bond acceptors (Lipinski definition) is 6. The molecular weight excluding hydrogens is 597 g/mol. The molecule has 0 spiro atoms. The van der Waals surface area contributed by atoms with Crippen LogP contribution in [0.25, 0.3) is 33.5 Å². The van der Waals surface area contributed by atoms with Crippen molar-refractivity contribution in [3.63, 3.8) is 0 Å². The summed E-state index contributed by atoms with van der Waals surface area (Å²) < 4.78 is 8.08. The highest BCUT2D eigenvalue weighted by Crippen LogP contribution is 2.35. The number of amides is 2. The highest BCUT2D eigenvalue weighted by Gasteiger charge is 2.29. The van der Waals surface area contributed by atoms with E-state index in [0.29, 0.717) is 29.0 Å². The minimum Gasteiger partial charge on any atom is -0.457 e. The van der Waals surface area contributed by atoms with Crippen LogP contribution in [-0.2, 0) is 4.79 Å². The van der Waals surface area contributed by atoms with Crippen molar-refractivity contribution >= 4 is 51.0 Å². The summed E-state index contributed by atoms with van der Waals surface area (Å²) in [5.74, 6) is 0.965. The predicted molar refractivity (Wildman–Crippen MR) is 182 cm³/mol. The summed E-state index contributed by atoms with van der Waals surface area (Å²) in [6.07, 6.45) is 4.92. The Hall–Kier alpha value is -5.14. The summed E-state index contributed by atoms with van der Waals surface area (Å²) in [6, 6.07) is 19.3. The number of aromatic nitrogens is 3. The summed E-state index contributed by atoms with van der Waals surface area (Å²) in [6.45, 7) is 13.1. The number of ether oxygens (including phenoxy) is 1. The van der Waals surface area contributed by atoms with Crippen molar-refractivity contribution in [1.29, 1.82) is 5.26 Å². The van der Waals surface area contributed by atoms with E-state index in [1.54, 1.807) is 17.2 Å². The molecule has 0 bridgehead atoms. The first-order chi connectivity index (χ1) is 22.0. The lowest BCUT2D eigenvalue weighted by molar-refractivity contribution is -0.128. The van der Waals surface area contributed by atoms with Crippen LogP contribution < -0.4 is 15.5 Å². The molecule has 1 fully saturated rings. The fourth-order valence-electron chi connectivity index (χ4n) is 5.94. The molecule has 1 aliphatic rings. The number of allylic oxidation sites excluding steroid dienone is 1. The van der Waals surface area contributed by atoms with Gasteiger partial charge < -0.3 is 19.9 Å². The fourth-order valence-corrected chi connectivity index (χ4v) is 6.96. The van der Waals surface area contributed by atoms with Crippen LogP contribution in [0.5, 0.6) is 11.5 Å². The molecule has 4 heterocycles. The maximum atomic E-state index is 13.8. The molecular formula is C36H36N6O3S. The quantitative estimate of drug-likeness (QED) is 0.162. The summed E-state index contributed by atoms with van der Waals surface area (Å²) in [7, 11) is 0. The molecule has 2 aromatic carbocycles. The maximum Gasteiger partial charge on any atom is 0.264 e. The van der Waals surface area contributed by atoms with Crippen LogP contribution in [0, 0.1) is 23.7 Å².